The van der Waals surface area contributed by atoms with E-state index >= 15 is 0 Å². The number of nitrogens with two attached hydrogens (primary N) is 1. The van der Waals surface area contributed by atoms with E-state index in [1.165, 1.54) is 11.3 Å². The molecule has 0 saturated carbocycles. The van der Waals surface area contributed by atoms with Crippen molar-refractivity contribution in [1.82, 2.24) is 5.32 Å². The number of benzene rings is 1. The summed E-state index contributed by atoms with van der Waals surface area (Å²) in [7, 11) is 0. The highest BCUT2D eigenvalue weighted by atomic mass is 35.5. The van der Waals surface area contributed by atoms with Gasteiger partial charge in [-0.1, -0.05) is 23.2 Å². The van der Waals surface area contributed by atoms with E-state index in [1.54, 1.807) is 12.1 Å². The molecular formula is C14H15ClN2OS. The molecule has 0 fully saturated rings. The van der Waals surface area contributed by atoms with E-state index in [0.717, 1.165) is 10.4 Å². The molecule has 0 radical (unpaired) electrons. The van der Waals surface area contributed by atoms with Gasteiger partial charge in [-0.3, -0.25) is 4.79 Å². The highest BCUT2D eigenvalue weighted by Gasteiger charge is 2.15. The SMILES string of the molecule is Cc1ccc(N)c(C(=O)NC(C)c2ccc(Cl)s2)c1. The Hall–Kier alpha value is -1.52. The lowest BCUT2D eigenvalue weighted by Gasteiger charge is -2.13. The van der Waals surface area contributed by atoms with Crippen molar-refractivity contribution in [3.05, 3.63) is 50.7 Å². The number of aryl methyl sites for hydroxylation is 1. The molecule has 0 aliphatic rings. The molecule has 0 aliphatic heterocycles. The van der Waals surface area contributed by atoms with E-state index < -0.39 is 0 Å². The van der Waals surface area contributed by atoms with Crippen LogP contribution in [0.2, 0.25) is 4.34 Å². The second-order valence-electron chi connectivity index (χ2n) is 4.43. The first-order valence-electron chi connectivity index (χ1n) is 5.89. The summed E-state index contributed by atoms with van der Waals surface area (Å²) >= 11 is 7.35. The maximum absolute atomic E-state index is 12.2. The van der Waals surface area contributed by atoms with Crippen molar-refractivity contribution >= 4 is 34.5 Å². The molecule has 0 spiro atoms. The van der Waals surface area contributed by atoms with Gasteiger partial charge in [0.2, 0.25) is 0 Å². The first-order valence-corrected chi connectivity index (χ1v) is 7.09. The smallest absolute Gasteiger partial charge is 0.253 e. The number of carbonyl (C=O) groups excluding carboxylic acids is 1. The van der Waals surface area contributed by atoms with Crippen LogP contribution in [0.3, 0.4) is 0 Å². The summed E-state index contributed by atoms with van der Waals surface area (Å²) in [6.45, 7) is 3.85. The van der Waals surface area contributed by atoms with Crippen molar-refractivity contribution in [1.29, 1.82) is 0 Å². The van der Waals surface area contributed by atoms with Crippen molar-refractivity contribution in [2.45, 2.75) is 19.9 Å². The lowest BCUT2D eigenvalue weighted by molar-refractivity contribution is 0.0941. The number of anilines is 1. The third-order valence-corrected chi connectivity index (χ3v) is 4.24. The van der Waals surface area contributed by atoms with Crippen molar-refractivity contribution in [2.24, 2.45) is 0 Å². The zero-order chi connectivity index (χ0) is 14.0. The van der Waals surface area contributed by atoms with Gasteiger partial charge < -0.3 is 11.1 Å². The van der Waals surface area contributed by atoms with E-state index in [-0.39, 0.29) is 11.9 Å². The highest BCUT2D eigenvalue weighted by Crippen LogP contribution is 2.27. The first-order chi connectivity index (χ1) is 8.97. The minimum absolute atomic E-state index is 0.0927. The van der Waals surface area contributed by atoms with Crippen LogP contribution in [0.15, 0.2) is 30.3 Å². The van der Waals surface area contributed by atoms with Crippen LogP contribution in [0.25, 0.3) is 0 Å². The molecule has 100 valence electrons. The lowest BCUT2D eigenvalue weighted by atomic mass is 10.1. The molecule has 1 unspecified atom stereocenters. The summed E-state index contributed by atoms with van der Waals surface area (Å²) in [5.74, 6) is -0.168. The summed E-state index contributed by atoms with van der Waals surface area (Å²) < 4.78 is 0.714. The molecule has 3 N–H and O–H groups in total. The van der Waals surface area contributed by atoms with Gasteiger partial charge in [-0.2, -0.15) is 0 Å². The molecule has 1 heterocycles. The Bertz CT molecular complexity index is 609. The molecular weight excluding hydrogens is 280 g/mol. The van der Waals surface area contributed by atoms with Gasteiger partial charge in [0.05, 0.1) is 15.9 Å². The summed E-state index contributed by atoms with van der Waals surface area (Å²) in [6, 6.07) is 9.07. The van der Waals surface area contributed by atoms with Gasteiger partial charge in [0.25, 0.3) is 5.91 Å². The largest absolute Gasteiger partial charge is 0.398 e. The van der Waals surface area contributed by atoms with E-state index in [9.17, 15) is 4.79 Å². The van der Waals surface area contributed by atoms with Crippen LogP contribution in [0.4, 0.5) is 5.69 Å². The Morgan fingerprint density at radius 3 is 2.74 bits per heavy atom. The second kappa shape index (κ2) is 5.63. The minimum Gasteiger partial charge on any atom is -0.398 e. The minimum atomic E-state index is -0.168. The molecule has 0 aliphatic carbocycles. The molecule has 3 nitrogen and oxygen atoms in total. The van der Waals surface area contributed by atoms with Crippen molar-refractivity contribution in [3.8, 4) is 0 Å². The molecule has 0 saturated heterocycles. The van der Waals surface area contributed by atoms with Crippen LogP contribution >= 0.6 is 22.9 Å². The second-order valence-corrected chi connectivity index (χ2v) is 6.17. The molecule has 1 aromatic carbocycles. The van der Waals surface area contributed by atoms with Gasteiger partial charge in [-0.15, -0.1) is 11.3 Å². The van der Waals surface area contributed by atoms with Gasteiger partial charge in [0, 0.05) is 10.6 Å². The number of carbonyl (C=O) groups is 1. The van der Waals surface area contributed by atoms with Crippen LogP contribution in [-0.2, 0) is 0 Å². The first kappa shape index (κ1) is 13.9. The maximum atomic E-state index is 12.2. The number of hydrogen-bond donors (Lipinski definition) is 2. The quantitative estimate of drug-likeness (QED) is 0.846. The predicted octanol–water partition coefficient (Wildman–Crippen LogP) is 3.78. The monoisotopic (exact) mass is 294 g/mol. The van der Waals surface area contributed by atoms with Crippen molar-refractivity contribution in [3.63, 3.8) is 0 Å². The fourth-order valence-corrected chi connectivity index (χ4v) is 2.84. The van der Waals surface area contributed by atoms with Gasteiger partial charge >= 0.3 is 0 Å². The summed E-state index contributed by atoms with van der Waals surface area (Å²) in [4.78, 5) is 13.2. The van der Waals surface area contributed by atoms with E-state index in [0.29, 0.717) is 15.6 Å². The predicted molar refractivity (Wildman–Crippen MR) is 80.8 cm³/mol. The number of nitrogens with one attached hydrogen (secondary N) is 1. The third-order valence-electron chi connectivity index (χ3n) is 2.82. The number of amides is 1. The fourth-order valence-electron chi connectivity index (χ4n) is 1.77. The number of thiophene rings is 1. The number of rotatable bonds is 3. The molecule has 0 bridgehead atoms. The molecule has 1 atom stereocenters. The van der Waals surface area contributed by atoms with E-state index in [1.807, 2.05) is 32.0 Å². The van der Waals surface area contributed by atoms with Gasteiger partial charge in [-0.05, 0) is 38.1 Å². The Balaban J connectivity index is 2.15. The zero-order valence-electron chi connectivity index (χ0n) is 10.7. The fraction of sp³-hybridized carbons (Fsp3) is 0.214. The summed E-state index contributed by atoms with van der Waals surface area (Å²) in [5, 5.41) is 2.93. The zero-order valence-corrected chi connectivity index (χ0v) is 12.3. The maximum Gasteiger partial charge on any atom is 0.253 e. The number of halogens is 1. The van der Waals surface area contributed by atoms with E-state index in [4.69, 9.17) is 17.3 Å². The van der Waals surface area contributed by atoms with E-state index in [2.05, 4.69) is 5.32 Å². The van der Waals surface area contributed by atoms with Crippen LogP contribution < -0.4 is 11.1 Å². The third kappa shape index (κ3) is 3.28. The highest BCUT2D eigenvalue weighted by molar-refractivity contribution is 7.16. The van der Waals surface area contributed by atoms with Crippen LogP contribution in [0.1, 0.15) is 33.8 Å². The van der Waals surface area contributed by atoms with Crippen LogP contribution in [0.5, 0.6) is 0 Å². The Morgan fingerprint density at radius 1 is 1.37 bits per heavy atom. The van der Waals surface area contributed by atoms with Gasteiger partial charge in [0.1, 0.15) is 0 Å². The standard InChI is InChI=1S/C14H15ClN2OS/c1-8-3-4-11(16)10(7-8)14(18)17-9(2)12-5-6-13(15)19-12/h3-7,9H,16H2,1-2H3,(H,17,18). The normalized spacial score (nSPS) is 12.2. The molecule has 1 amide bonds. The molecule has 2 aromatic rings. The van der Waals surface area contributed by atoms with Crippen molar-refractivity contribution < 1.29 is 4.79 Å². The molecule has 19 heavy (non-hydrogen) atoms. The lowest BCUT2D eigenvalue weighted by Crippen LogP contribution is -2.26. The van der Waals surface area contributed by atoms with Gasteiger partial charge in [0.15, 0.2) is 0 Å². The Kier molecular flexibility index (Phi) is 4.12. The van der Waals surface area contributed by atoms with Crippen molar-refractivity contribution in [2.75, 3.05) is 5.73 Å². The topological polar surface area (TPSA) is 55.1 Å². The van der Waals surface area contributed by atoms with Gasteiger partial charge in [-0.25, -0.2) is 0 Å². The average Bonchev–Trinajstić information content (AvgIpc) is 2.79. The molecule has 2 rings (SSSR count). The molecule has 5 heteroatoms. The van der Waals surface area contributed by atoms with Crippen LogP contribution in [0, 0.1) is 6.92 Å². The molecule has 1 aromatic heterocycles. The Labute approximate surface area is 121 Å². The summed E-state index contributed by atoms with van der Waals surface area (Å²) in [5.41, 5.74) is 7.83. The number of hydrogen-bond acceptors (Lipinski definition) is 3. The number of nitrogen functional groups attached to an aromatic ring is 1. The average molecular weight is 295 g/mol. The van der Waals surface area contributed by atoms with Crippen LogP contribution in [-0.4, -0.2) is 5.91 Å². The Morgan fingerprint density at radius 2 is 2.11 bits per heavy atom. The summed E-state index contributed by atoms with van der Waals surface area (Å²) in [6.07, 6.45) is 0.